The minimum absolute atomic E-state index is 0.00727. The van der Waals surface area contributed by atoms with Crippen molar-refractivity contribution in [1.29, 1.82) is 0 Å². The van der Waals surface area contributed by atoms with Crippen LogP contribution in [0, 0.1) is 13.8 Å². The zero-order valence-corrected chi connectivity index (χ0v) is 14.3. The number of aromatic nitrogens is 1. The molecular formula is C16H24N2O2S. The minimum atomic E-state index is 0.00727. The van der Waals surface area contributed by atoms with E-state index in [1.165, 1.54) is 0 Å². The standard InChI is InChI=1S/C16H24N2O2S/c1-10-13(12(3)19)11(2)17-14(10)15(20)18-7-6-16(4,5)21-9-8-18/h17H,6-9H2,1-5H3. The number of carbonyl (C=O) groups excluding carboxylic acids is 2. The van der Waals surface area contributed by atoms with Gasteiger partial charge in [0.1, 0.15) is 5.69 Å². The summed E-state index contributed by atoms with van der Waals surface area (Å²) >= 11 is 1.92. The number of aromatic amines is 1. The molecule has 2 rings (SSSR count). The lowest BCUT2D eigenvalue weighted by atomic mass is 10.1. The molecule has 0 bridgehead atoms. The van der Waals surface area contributed by atoms with Gasteiger partial charge in [-0.15, -0.1) is 0 Å². The predicted octanol–water partition coefficient (Wildman–Crippen LogP) is 3.19. The van der Waals surface area contributed by atoms with E-state index in [0.717, 1.165) is 36.5 Å². The Hall–Kier alpha value is -1.23. The Morgan fingerprint density at radius 2 is 1.90 bits per heavy atom. The molecule has 0 aromatic carbocycles. The van der Waals surface area contributed by atoms with Crippen LogP contribution in [0.5, 0.6) is 0 Å². The molecule has 0 atom stereocenters. The molecule has 1 amide bonds. The van der Waals surface area contributed by atoms with E-state index in [1.807, 2.05) is 30.5 Å². The second-order valence-corrected chi connectivity index (χ2v) is 8.13. The van der Waals surface area contributed by atoms with Crippen molar-refractivity contribution in [2.75, 3.05) is 18.8 Å². The van der Waals surface area contributed by atoms with Crippen LogP contribution in [0.15, 0.2) is 0 Å². The van der Waals surface area contributed by atoms with Crippen LogP contribution < -0.4 is 0 Å². The molecule has 1 saturated heterocycles. The van der Waals surface area contributed by atoms with Gasteiger partial charge in [0.2, 0.25) is 0 Å². The molecule has 4 nitrogen and oxygen atoms in total. The molecule has 1 aliphatic heterocycles. The fourth-order valence-corrected chi connectivity index (χ4v) is 3.97. The predicted molar refractivity (Wildman–Crippen MR) is 87.3 cm³/mol. The maximum Gasteiger partial charge on any atom is 0.270 e. The lowest BCUT2D eigenvalue weighted by molar-refractivity contribution is 0.0758. The van der Waals surface area contributed by atoms with Gasteiger partial charge >= 0.3 is 0 Å². The van der Waals surface area contributed by atoms with Gasteiger partial charge in [-0.1, -0.05) is 13.8 Å². The summed E-state index contributed by atoms with van der Waals surface area (Å²) in [6.45, 7) is 11.2. The first-order valence-corrected chi connectivity index (χ1v) is 8.35. The first kappa shape index (κ1) is 16.1. The lowest BCUT2D eigenvalue weighted by Crippen LogP contribution is -2.34. The van der Waals surface area contributed by atoms with E-state index in [-0.39, 0.29) is 16.4 Å². The molecule has 1 aromatic rings. The van der Waals surface area contributed by atoms with E-state index in [2.05, 4.69) is 18.8 Å². The summed E-state index contributed by atoms with van der Waals surface area (Å²) in [5, 5.41) is 0. The normalized spacial score (nSPS) is 18.4. The largest absolute Gasteiger partial charge is 0.354 e. The number of Topliss-reactive ketones (excluding diaryl/α,β-unsaturated/α-hetero) is 1. The molecule has 116 valence electrons. The van der Waals surface area contributed by atoms with Crippen molar-refractivity contribution >= 4 is 23.5 Å². The SMILES string of the molecule is CC(=O)c1c(C)[nH]c(C(=O)N2CCSC(C)(C)CC2)c1C. The van der Waals surface area contributed by atoms with Gasteiger partial charge in [-0.3, -0.25) is 9.59 Å². The average molecular weight is 308 g/mol. The van der Waals surface area contributed by atoms with Crippen LogP contribution in [0.4, 0.5) is 0 Å². The molecule has 21 heavy (non-hydrogen) atoms. The van der Waals surface area contributed by atoms with Crippen LogP contribution in [0.2, 0.25) is 0 Å². The van der Waals surface area contributed by atoms with Gasteiger partial charge in [0, 0.05) is 34.8 Å². The molecule has 1 N–H and O–H groups in total. The van der Waals surface area contributed by atoms with Crippen LogP contribution in [-0.2, 0) is 0 Å². The summed E-state index contributed by atoms with van der Waals surface area (Å²) in [7, 11) is 0. The number of ketones is 1. The molecule has 5 heteroatoms. The van der Waals surface area contributed by atoms with Crippen LogP contribution in [-0.4, -0.2) is 45.2 Å². The highest BCUT2D eigenvalue weighted by Crippen LogP contribution is 2.31. The number of hydrogen-bond donors (Lipinski definition) is 1. The molecular weight excluding hydrogens is 284 g/mol. The fourth-order valence-electron chi connectivity index (χ4n) is 2.87. The molecule has 1 fully saturated rings. The third kappa shape index (κ3) is 3.34. The van der Waals surface area contributed by atoms with E-state index < -0.39 is 0 Å². The number of rotatable bonds is 2. The molecule has 0 aliphatic carbocycles. The number of nitrogens with zero attached hydrogens (tertiary/aromatic N) is 1. The molecule has 1 aliphatic rings. The Morgan fingerprint density at radius 3 is 2.48 bits per heavy atom. The van der Waals surface area contributed by atoms with E-state index in [9.17, 15) is 9.59 Å². The zero-order valence-electron chi connectivity index (χ0n) is 13.5. The summed E-state index contributed by atoms with van der Waals surface area (Å²) in [6, 6.07) is 0. The highest BCUT2D eigenvalue weighted by molar-refractivity contribution is 8.00. The van der Waals surface area contributed by atoms with Crippen molar-refractivity contribution in [2.24, 2.45) is 0 Å². The second kappa shape index (κ2) is 5.87. The number of carbonyl (C=O) groups is 2. The maximum absolute atomic E-state index is 12.7. The van der Waals surface area contributed by atoms with Gasteiger partial charge in [0.25, 0.3) is 5.91 Å². The minimum Gasteiger partial charge on any atom is -0.354 e. The number of amides is 1. The van der Waals surface area contributed by atoms with E-state index >= 15 is 0 Å². The molecule has 1 aromatic heterocycles. The molecule has 0 radical (unpaired) electrons. The monoisotopic (exact) mass is 308 g/mol. The highest BCUT2D eigenvalue weighted by Gasteiger charge is 2.28. The van der Waals surface area contributed by atoms with Crippen LogP contribution in [0.25, 0.3) is 0 Å². The number of thioether (sulfide) groups is 1. The molecule has 2 heterocycles. The van der Waals surface area contributed by atoms with E-state index in [4.69, 9.17) is 0 Å². The summed E-state index contributed by atoms with van der Waals surface area (Å²) in [5.41, 5.74) is 2.79. The first-order valence-electron chi connectivity index (χ1n) is 7.36. The van der Waals surface area contributed by atoms with Crippen molar-refractivity contribution in [1.82, 2.24) is 9.88 Å². The van der Waals surface area contributed by atoms with Crippen LogP contribution >= 0.6 is 11.8 Å². The third-order valence-corrected chi connectivity index (χ3v) is 5.50. The van der Waals surface area contributed by atoms with E-state index in [0.29, 0.717) is 11.3 Å². The van der Waals surface area contributed by atoms with Crippen molar-refractivity contribution in [3.63, 3.8) is 0 Å². The van der Waals surface area contributed by atoms with Crippen molar-refractivity contribution in [3.8, 4) is 0 Å². The van der Waals surface area contributed by atoms with E-state index in [1.54, 1.807) is 6.92 Å². The molecule has 0 saturated carbocycles. The van der Waals surface area contributed by atoms with Crippen molar-refractivity contribution in [3.05, 3.63) is 22.5 Å². The quantitative estimate of drug-likeness (QED) is 0.854. The Morgan fingerprint density at radius 1 is 1.24 bits per heavy atom. The van der Waals surface area contributed by atoms with Gasteiger partial charge in [0.15, 0.2) is 5.78 Å². The third-order valence-electron chi connectivity index (χ3n) is 4.13. The smallest absolute Gasteiger partial charge is 0.270 e. The molecule has 0 spiro atoms. The zero-order chi connectivity index (χ0) is 15.8. The number of aryl methyl sites for hydroxylation is 1. The maximum atomic E-state index is 12.7. The molecule has 0 unspecified atom stereocenters. The topological polar surface area (TPSA) is 53.2 Å². The van der Waals surface area contributed by atoms with Gasteiger partial charge in [0.05, 0.1) is 0 Å². The first-order chi connectivity index (χ1) is 9.73. The van der Waals surface area contributed by atoms with Crippen molar-refractivity contribution < 1.29 is 9.59 Å². The summed E-state index contributed by atoms with van der Waals surface area (Å²) < 4.78 is 0.222. The Bertz CT molecular complexity index is 575. The van der Waals surface area contributed by atoms with Gasteiger partial charge in [-0.25, -0.2) is 0 Å². The van der Waals surface area contributed by atoms with Crippen LogP contribution in [0.3, 0.4) is 0 Å². The number of nitrogens with one attached hydrogen (secondary N) is 1. The second-order valence-electron chi connectivity index (χ2n) is 6.33. The Labute approximate surface area is 130 Å². The Balaban J connectivity index is 2.25. The number of H-pyrrole nitrogens is 1. The summed E-state index contributed by atoms with van der Waals surface area (Å²) in [6.07, 6.45) is 0.988. The van der Waals surface area contributed by atoms with Gasteiger partial charge in [-0.05, 0) is 32.8 Å². The summed E-state index contributed by atoms with van der Waals surface area (Å²) in [4.78, 5) is 29.5. The number of hydrogen-bond acceptors (Lipinski definition) is 3. The van der Waals surface area contributed by atoms with Gasteiger partial charge in [-0.2, -0.15) is 11.8 Å². The lowest BCUT2D eigenvalue weighted by Gasteiger charge is -2.22. The van der Waals surface area contributed by atoms with Crippen LogP contribution in [0.1, 0.15) is 59.3 Å². The van der Waals surface area contributed by atoms with Crippen molar-refractivity contribution in [2.45, 2.75) is 45.8 Å². The van der Waals surface area contributed by atoms with Gasteiger partial charge < -0.3 is 9.88 Å². The average Bonchev–Trinajstić information content (AvgIpc) is 2.55. The fraction of sp³-hybridized carbons (Fsp3) is 0.625. The Kier molecular flexibility index (Phi) is 4.51. The summed E-state index contributed by atoms with van der Waals surface area (Å²) in [5.74, 6) is 0.978. The highest BCUT2D eigenvalue weighted by atomic mass is 32.2.